The van der Waals surface area contributed by atoms with Crippen molar-refractivity contribution in [3.63, 3.8) is 0 Å². The molecule has 0 N–H and O–H groups in total. The van der Waals surface area contributed by atoms with Crippen LogP contribution in [0.2, 0.25) is 0 Å². The number of rotatable bonds is 1. The highest BCUT2D eigenvalue weighted by Gasteiger charge is 2.03. The standard InChI is InChI=1S/C10H8N2S/c1-2-8-3-7(5-11)4-10-9(8)6-12-13-10/h3-4,6H,2H2,1H3. The molecule has 0 aliphatic heterocycles. The van der Waals surface area contributed by atoms with Gasteiger partial charge in [-0.2, -0.15) is 9.64 Å². The Kier molecular flexibility index (Phi) is 1.99. The molecule has 1 aromatic carbocycles. The fourth-order valence-corrected chi connectivity index (χ4v) is 2.13. The van der Waals surface area contributed by atoms with Crippen LogP contribution in [0.4, 0.5) is 0 Å². The average molecular weight is 188 g/mol. The van der Waals surface area contributed by atoms with Crippen molar-refractivity contribution in [3.8, 4) is 6.07 Å². The zero-order valence-corrected chi connectivity index (χ0v) is 8.06. The van der Waals surface area contributed by atoms with E-state index in [1.165, 1.54) is 22.5 Å². The Morgan fingerprint density at radius 2 is 2.38 bits per heavy atom. The minimum atomic E-state index is 0.730. The molecule has 0 spiro atoms. The number of benzene rings is 1. The molecular formula is C10H8N2S. The lowest BCUT2D eigenvalue weighted by Crippen LogP contribution is -1.83. The van der Waals surface area contributed by atoms with Gasteiger partial charge in [0.2, 0.25) is 0 Å². The van der Waals surface area contributed by atoms with Gasteiger partial charge in [-0.15, -0.1) is 0 Å². The number of hydrogen-bond acceptors (Lipinski definition) is 3. The van der Waals surface area contributed by atoms with Gasteiger partial charge in [0, 0.05) is 11.6 Å². The van der Waals surface area contributed by atoms with Crippen molar-refractivity contribution in [2.75, 3.05) is 0 Å². The third kappa shape index (κ3) is 1.30. The summed E-state index contributed by atoms with van der Waals surface area (Å²) in [5.41, 5.74) is 1.94. The van der Waals surface area contributed by atoms with E-state index in [4.69, 9.17) is 5.26 Å². The molecule has 64 valence electrons. The van der Waals surface area contributed by atoms with E-state index in [2.05, 4.69) is 17.4 Å². The van der Waals surface area contributed by atoms with Crippen LogP contribution in [0.3, 0.4) is 0 Å². The third-order valence-electron chi connectivity index (χ3n) is 2.07. The molecule has 0 aliphatic rings. The van der Waals surface area contributed by atoms with Crippen LogP contribution in [0.15, 0.2) is 18.3 Å². The van der Waals surface area contributed by atoms with Gasteiger partial charge in [-0.3, -0.25) is 0 Å². The summed E-state index contributed by atoms with van der Waals surface area (Å²) in [5, 5.41) is 9.98. The Morgan fingerprint density at radius 1 is 1.54 bits per heavy atom. The summed E-state index contributed by atoms with van der Waals surface area (Å²) in [6, 6.07) is 6.00. The van der Waals surface area contributed by atoms with Crippen LogP contribution in [0, 0.1) is 11.3 Å². The average Bonchev–Trinajstić information content (AvgIpc) is 2.63. The van der Waals surface area contributed by atoms with Gasteiger partial charge < -0.3 is 0 Å². The van der Waals surface area contributed by atoms with Gasteiger partial charge in [-0.05, 0) is 35.6 Å². The number of nitrogens with zero attached hydrogens (tertiary/aromatic N) is 2. The zero-order chi connectivity index (χ0) is 9.26. The summed E-state index contributed by atoms with van der Waals surface area (Å²) in [4.78, 5) is 0. The summed E-state index contributed by atoms with van der Waals surface area (Å²) < 4.78 is 5.22. The highest BCUT2D eigenvalue weighted by atomic mass is 32.1. The first kappa shape index (κ1) is 8.21. The lowest BCUT2D eigenvalue weighted by molar-refractivity contribution is 1.16. The fourth-order valence-electron chi connectivity index (χ4n) is 1.40. The molecular weight excluding hydrogens is 180 g/mol. The molecule has 0 radical (unpaired) electrons. The van der Waals surface area contributed by atoms with Crippen molar-refractivity contribution >= 4 is 21.6 Å². The predicted molar refractivity (Wildman–Crippen MR) is 53.7 cm³/mol. The molecule has 0 fully saturated rings. The summed E-state index contributed by atoms with van der Waals surface area (Å²) in [6.45, 7) is 2.09. The Morgan fingerprint density at radius 3 is 3.08 bits per heavy atom. The van der Waals surface area contributed by atoms with Crippen molar-refractivity contribution in [3.05, 3.63) is 29.5 Å². The van der Waals surface area contributed by atoms with Crippen LogP contribution in [-0.2, 0) is 6.42 Å². The van der Waals surface area contributed by atoms with Gasteiger partial charge in [0.05, 0.1) is 16.3 Å². The molecule has 0 bridgehead atoms. The molecule has 0 amide bonds. The van der Waals surface area contributed by atoms with Gasteiger partial charge in [-0.25, -0.2) is 0 Å². The van der Waals surface area contributed by atoms with Gasteiger partial charge >= 0.3 is 0 Å². The van der Waals surface area contributed by atoms with Crippen LogP contribution in [0.5, 0.6) is 0 Å². The second-order valence-corrected chi connectivity index (χ2v) is 3.67. The maximum Gasteiger partial charge on any atom is 0.0992 e. The minimum Gasteiger partial charge on any atom is -0.200 e. The van der Waals surface area contributed by atoms with E-state index in [0.717, 1.165) is 16.7 Å². The first-order chi connectivity index (χ1) is 6.35. The molecule has 1 aromatic heterocycles. The van der Waals surface area contributed by atoms with E-state index in [0.29, 0.717) is 0 Å². The quantitative estimate of drug-likeness (QED) is 0.690. The Bertz CT molecular complexity index is 479. The molecule has 0 unspecified atom stereocenters. The van der Waals surface area contributed by atoms with Crippen LogP contribution in [-0.4, -0.2) is 4.37 Å². The number of aryl methyl sites for hydroxylation is 1. The van der Waals surface area contributed by atoms with E-state index >= 15 is 0 Å². The monoisotopic (exact) mass is 188 g/mol. The molecule has 2 aromatic rings. The van der Waals surface area contributed by atoms with Gasteiger partial charge in [-0.1, -0.05) is 6.92 Å². The summed E-state index contributed by atoms with van der Waals surface area (Å²) >= 11 is 1.45. The maximum atomic E-state index is 8.79. The predicted octanol–water partition coefficient (Wildman–Crippen LogP) is 2.73. The number of fused-ring (bicyclic) bond motifs is 1. The summed E-state index contributed by atoms with van der Waals surface area (Å²) in [7, 11) is 0. The number of hydrogen-bond donors (Lipinski definition) is 0. The number of aromatic nitrogens is 1. The molecule has 3 heteroatoms. The first-order valence-corrected chi connectivity index (χ1v) is 4.90. The lowest BCUT2D eigenvalue weighted by atomic mass is 10.1. The van der Waals surface area contributed by atoms with Crippen molar-refractivity contribution in [2.24, 2.45) is 0 Å². The van der Waals surface area contributed by atoms with E-state index in [-0.39, 0.29) is 0 Å². The fraction of sp³-hybridized carbons (Fsp3) is 0.200. The van der Waals surface area contributed by atoms with Crippen molar-refractivity contribution in [1.82, 2.24) is 4.37 Å². The van der Waals surface area contributed by atoms with Crippen molar-refractivity contribution < 1.29 is 0 Å². The second-order valence-electron chi connectivity index (χ2n) is 2.84. The van der Waals surface area contributed by atoms with Gasteiger partial charge in [0.1, 0.15) is 0 Å². The highest BCUT2D eigenvalue weighted by Crippen LogP contribution is 2.24. The normalized spacial score (nSPS) is 10.2. The molecule has 13 heavy (non-hydrogen) atoms. The SMILES string of the molecule is CCc1cc(C#N)cc2sncc12. The van der Waals surface area contributed by atoms with Crippen LogP contribution >= 0.6 is 11.5 Å². The lowest BCUT2D eigenvalue weighted by Gasteiger charge is -1.98. The van der Waals surface area contributed by atoms with Crippen LogP contribution in [0.25, 0.3) is 10.1 Å². The Labute approximate surface area is 80.6 Å². The van der Waals surface area contributed by atoms with E-state index < -0.39 is 0 Å². The largest absolute Gasteiger partial charge is 0.200 e. The molecule has 0 aliphatic carbocycles. The molecule has 0 atom stereocenters. The maximum absolute atomic E-state index is 8.79. The van der Waals surface area contributed by atoms with Crippen molar-refractivity contribution in [1.29, 1.82) is 5.26 Å². The number of nitriles is 1. The molecule has 0 saturated heterocycles. The van der Waals surface area contributed by atoms with E-state index in [1.54, 1.807) is 0 Å². The summed E-state index contributed by atoms with van der Waals surface area (Å²) in [5.74, 6) is 0. The van der Waals surface area contributed by atoms with Crippen LogP contribution < -0.4 is 0 Å². The highest BCUT2D eigenvalue weighted by molar-refractivity contribution is 7.13. The van der Waals surface area contributed by atoms with Gasteiger partial charge in [0.25, 0.3) is 0 Å². The third-order valence-corrected chi connectivity index (χ3v) is 2.82. The second kappa shape index (κ2) is 3.15. The minimum absolute atomic E-state index is 0.730. The first-order valence-electron chi connectivity index (χ1n) is 4.12. The molecule has 2 rings (SSSR count). The molecule has 0 saturated carbocycles. The Balaban J connectivity index is 2.79. The molecule has 1 heterocycles. The smallest absolute Gasteiger partial charge is 0.0992 e. The van der Waals surface area contributed by atoms with Crippen LogP contribution in [0.1, 0.15) is 18.1 Å². The van der Waals surface area contributed by atoms with Crippen molar-refractivity contribution in [2.45, 2.75) is 13.3 Å². The Hall–Kier alpha value is -1.40. The van der Waals surface area contributed by atoms with Gasteiger partial charge in [0.15, 0.2) is 0 Å². The summed E-state index contributed by atoms with van der Waals surface area (Å²) in [6.07, 6.45) is 2.82. The van der Waals surface area contributed by atoms with E-state index in [1.807, 2.05) is 18.3 Å². The zero-order valence-electron chi connectivity index (χ0n) is 7.24. The van der Waals surface area contributed by atoms with E-state index in [9.17, 15) is 0 Å². The molecule has 2 nitrogen and oxygen atoms in total. The topological polar surface area (TPSA) is 36.7 Å².